The van der Waals surface area contributed by atoms with Gasteiger partial charge in [0.2, 0.25) is 0 Å². The monoisotopic (exact) mass is 1130 g/mol. The van der Waals surface area contributed by atoms with Crippen LogP contribution >= 0.6 is 0 Å². The van der Waals surface area contributed by atoms with Gasteiger partial charge < -0.3 is 14.2 Å². The minimum Gasteiger partial charge on any atom is -0.462 e. The molecular weight excluding hydrogens is 985 g/mol. The molecule has 6 heteroatoms. The number of carbonyl (C=O) groups excluding carboxylic acids is 3. The fraction of sp³-hybridized carbons (Fsp3) is 0.959. The van der Waals surface area contributed by atoms with Crippen LogP contribution in [0.25, 0.3) is 0 Å². The summed E-state index contributed by atoms with van der Waals surface area (Å²) in [5, 5.41) is 0. The Balaban J connectivity index is 4.21. The molecular formula is C74H144O6. The van der Waals surface area contributed by atoms with Crippen LogP contribution in [0.1, 0.15) is 438 Å². The number of unbranched alkanes of at least 4 members (excludes halogenated alkanes) is 59. The van der Waals surface area contributed by atoms with Crippen molar-refractivity contribution in [3.05, 3.63) is 0 Å². The van der Waals surface area contributed by atoms with Crippen LogP contribution in [0.15, 0.2) is 0 Å². The zero-order valence-corrected chi connectivity index (χ0v) is 54.9. The largest absolute Gasteiger partial charge is 0.462 e. The van der Waals surface area contributed by atoms with Crippen molar-refractivity contribution in [1.29, 1.82) is 0 Å². The number of hydrogen-bond donors (Lipinski definition) is 0. The van der Waals surface area contributed by atoms with E-state index in [4.69, 9.17) is 14.2 Å². The van der Waals surface area contributed by atoms with E-state index in [2.05, 4.69) is 20.8 Å². The molecule has 0 heterocycles. The zero-order chi connectivity index (χ0) is 57.8. The second kappa shape index (κ2) is 69.9. The first-order chi connectivity index (χ1) is 39.5. The first-order valence-corrected chi connectivity index (χ1v) is 37.0. The van der Waals surface area contributed by atoms with Gasteiger partial charge in [-0.1, -0.05) is 400 Å². The molecule has 0 amide bonds. The summed E-state index contributed by atoms with van der Waals surface area (Å²) < 4.78 is 17.0. The van der Waals surface area contributed by atoms with Crippen LogP contribution in [0.4, 0.5) is 0 Å². The summed E-state index contributed by atoms with van der Waals surface area (Å²) in [5.74, 6) is -0.816. The topological polar surface area (TPSA) is 78.9 Å². The molecule has 0 radical (unpaired) electrons. The van der Waals surface area contributed by atoms with Gasteiger partial charge in [-0.2, -0.15) is 0 Å². The van der Waals surface area contributed by atoms with E-state index in [1.807, 2.05) is 0 Å². The van der Waals surface area contributed by atoms with Crippen molar-refractivity contribution in [3.63, 3.8) is 0 Å². The number of rotatable bonds is 70. The molecule has 476 valence electrons. The summed E-state index contributed by atoms with van der Waals surface area (Å²) in [5.41, 5.74) is 0. The van der Waals surface area contributed by atoms with E-state index in [1.165, 1.54) is 340 Å². The SMILES string of the molecule is CCCCCCCCCCCCCCCCCCCCCCCCCCCC(=O)OCC(COC(=O)CCCCCCCCCCCCCCCCC)OC(=O)CCCCCCCCCCCCCCCCCCCCCCCC. The van der Waals surface area contributed by atoms with Crippen molar-refractivity contribution >= 4 is 17.9 Å². The summed E-state index contributed by atoms with van der Waals surface area (Å²) in [4.78, 5) is 38.5. The molecule has 0 aliphatic carbocycles. The normalized spacial score (nSPS) is 11.9. The Bertz CT molecular complexity index is 1200. The predicted molar refractivity (Wildman–Crippen MR) is 349 cm³/mol. The lowest BCUT2D eigenvalue weighted by Crippen LogP contribution is -2.30. The van der Waals surface area contributed by atoms with Crippen molar-refractivity contribution in [1.82, 2.24) is 0 Å². The predicted octanol–water partition coefficient (Wildman–Crippen LogP) is 25.4. The molecule has 1 atom stereocenters. The molecule has 0 aliphatic rings. The summed E-state index contributed by atoms with van der Waals surface area (Å²) >= 11 is 0. The molecule has 0 saturated carbocycles. The zero-order valence-electron chi connectivity index (χ0n) is 54.9. The van der Waals surface area contributed by atoms with E-state index in [-0.39, 0.29) is 31.1 Å². The molecule has 0 aliphatic heterocycles. The molecule has 0 saturated heterocycles. The van der Waals surface area contributed by atoms with Gasteiger partial charge in [0.25, 0.3) is 0 Å². The van der Waals surface area contributed by atoms with Crippen LogP contribution in [0, 0.1) is 0 Å². The van der Waals surface area contributed by atoms with Gasteiger partial charge in [0.1, 0.15) is 13.2 Å². The molecule has 0 N–H and O–H groups in total. The number of carbonyl (C=O) groups is 3. The van der Waals surface area contributed by atoms with Crippen molar-refractivity contribution in [2.45, 2.75) is 444 Å². The molecule has 80 heavy (non-hydrogen) atoms. The standard InChI is InChI=1S/C74H144O6/c1-4-7-10-13-16-19-22-25-28-30-32-34-36-37-38-40-41-43-46-49-52-55-58-61-64-67-73(76)79-70-71(69-78-72(75)66-63-60-57-54-51-48-45-27-24-21-18-15-12-9-6-3)80-74(77)68-65-62-59-56-53-50-47-44-42-39-35-33-31-29-26-23-20-17-14-11-8-5-2/h71H,4-70H2,1-3H3. The molecule has 0 spiro atoms. The van der Waals surface area contributed by atoms with Crippen LogP contribution < -0.4 is 0 Å². The van der Waals surface area contributed by atoms with Gasteiger partial charge in [-0.25, -0.2) is 0 Å². The molecule has 0 aromatic rings. The molecule has 0 aromatic heterocycles. The van der Waals surface area contributed by atoms with Gasteiger partial charge in [-0.05, 0) is 19.3 Å². The van der Waals surface area contributed by atoms with Crippen LogP contribution in [-0.4, -0.2) is 37.2 Å². The fourth-order valence-corrected chi connectivity index (χ4v) is 11.8. The highest BCUT2D eigenvalue weighted by atomic mass is 16.6. The van der Waals surface area contributed by atoms with Gasteiger partial charge >= 0.3 is 17.9 Å². The summed E-state index contributed by atoms with van der Waals surface area (Å²) in [6, 6.07) is 0. The van der Waals surface area contributed by atoms with Gasteiger partial charge in [0.05, 0.1) is 0 Å². The minimum atomic E-state index is -0.764. The number of hydrogen-bond acceptors (Lipinski definition) is 6. The third-order valence-corrected chi connectivity index (χ3v) is 17.4. The highest BCUT2D eigenvalue weighted by Crippen LogP contribution is 2.20. The average molecular weight is 1130 g/mol. The van der Waals surface area contributed by atoms with Crippen molar-refractivity contribution < 1.29 is 28.6 Å². The van der Waals surface area contributed by atoms with E-state index in [1.54, 1.807) is 0 Å². The van der Waals surface area contributed by atoms with E-state index in [9.17, 15) is 14.4 Å². The van der Waals surface area contributed by atoms with Crippen LogP contribution in [-0.2, 0) is 28.6 Å². The van der Waals surface area contributed by atoms with Gasteiger partial charge in [0, 0.05) is 19.3 Å². The first kappa shape index (κ1) is 78.4. The lowest BCUT2D eigenvalue weighted by Gasteiger charge is -2.18. The highest BCUT2D eigenvalue weighted by Gasteiger charge is 2.20. The van der Waals surface area contributed by atoms with Gasteiger partial charge in [-0.15, -0.1) is 0 Å². The third-order valence-electron chi connectivity index (χ3n) is 17.4. The Kier molecular flexibility index (Phi) is 68.5. The summed E-state index contributed by atoms with van der Waals surface area (Å²) in [7, 11) is 0. The average Bonchev–Trinajstić information content (AvgIpc) is 3.46. The molecule has 0 fully saturated rings. The Morgan fingerprint density at radius 3 is 0.500 bits per heavy atom. The quantitative estimate of drug-likeness (QED) is 0.0343. The Morgan fingerprint density at radius 2 is 0.338 bits per heavy atom. The van der Waals surface area contributed by atoms with E-state index in [0.717, 1.165) is 57.8 Å². The van der Waals surface area contributed by atoms with Crippen LogP contribution in [0.3, 0.4) is 0 Å². The maximum atomic E-state index is 13.0. The summed E-state index contributed by atoms with van der Waals surface area (Å²) in [6.45, 7) is 6.75. The van der Waals surface area contributed by atoms with E-state index >= 15 is 0 Å². The van der Waals surface area contributed by atoms with Crippen molar-refractivity contribution in [3.8, 4) is 0 Å². The Morgan fingerprint density at radius 1 is 0.200 bits per heavy atom. The molecule has 0 bridgehead atoms. The van der Waals surface area contributed by atoms with Crippen LogP contribution in [0.5, 0.6) is 0 Å². The maximum absolute atomic E-state index is 13.0. The van der Waals surface area contributed by atoms with Gasteiger partial charge in [0.15, 0.2) is 6.10 Å². The van der Waals surface area contributed by atoms with E-state index in [0.29, 0.717) is 19.3 Å². The lowest BCUT2D eigenvalue weighted by molar-refractivity contribution is -0.167. The summed E-state index contributed by atoms with van der Waals surface area (Å²) in [6.07, 6.45) is 82.9. The second-order valence-corrected chi connectivity index (χ2v) is 25.6. The fourth-order valence-electron chi connectivity index (χ4n) is 11.8. The number of esters is 3. The molecule has 6 nitrogen and oxygen atoms in total. The second-order valence-electron chi connectivity index (χ2n) is 25.6. The highest BCUT2D eigenvalue weighted by molar-refractivity contribution is 5.71. The van der Waals surface area contributed by atoms with Crippen LogP contribution in [0.2, 0.25) is 0 Å². The molecule has 0 rings (SSSR count). The minimum absolute atomic E-state index is 0.0599. The third kappa shape index (κ3) is 67.2. The van der Waals surface area contributed by atoms with Crippen molar-refractivity contribution in [2.24, 2.45) is 0 Å². The van der Waals surface area contributed by atoms with Gasteiger partial charge in [-0.3, -0.25) is 14.4 Å². The molecule has 1 unspecified atom stereocenters. The first-order valence-electron chi connectivity index (χ1n) is 37.0. The smallest absolute Gasteiger partial charge is 0.306 e. The number of ether oxygens (including phenoxy) is 3. The Labute approximate surface area is 501 Å². The van der Waals surface area contributed by atoms with Crippen molar-refractivity contribution in [2.75, 3.05) is 13.2 Å². The lowest BCUT2D eigenvalue weighted by atomic mass is 10.0. The Hall–Kier alpha value is -1.59. The maximum Gasteiger partial charge on any atom is 0.306 e. The van der Waals surface area contributed by atoms with E-state index < -0.39 is 6.10 Å². The molecule has 0 aromatic carbocycles.